The first kappa shape index (κ1) is 39.0. The first-order valence-corrected chi connectivity index (χ1v) is 18.9. The van der Waals surface area contributed by atoms with Gasteiger partial charge in [-0.3, -0.25) is 9.59 Å². The summed E-state index contributed by atoms with van der Waals surface area (Å²) in [5.74, 6) is -0.532. The Labute approximate surface area is 339 Å². The lowest BCUT2D eigenvalue weighted by atomic mass is 9.81. The van der Waals surface area contributed by atoms with Crippen molar-refractivity contribution >= 4 is 110 Å². The lowest BCUT2D eigenvalue weighted by molar-refractivity contribution is -0.424. The largest absolute Gasteiger partial charge is 0.335 e. The average Bonchev–Trinajstić information content (AvgIpc) is 3.44. The highest BCUT2D eigenvalue weighted by atomic mass is 35.5. The SMILES string of the molecule is CC1(C)C(/C=C/C=C/C=C2/N(CC(=O)Nc3cc(Cl)c(Cl)cc3Cl)c3ccccc3C2(C)C)=[N+](CC(=O)Nc2cc(Cl)c(Cl)cc2Cl)c2ccccc21. The van der Waals surface area contributed by atoms with E-state index in [1.807, 2.05) is 76.3 Å². The summed E-state index contributed by atoms with van der Waals surface area (Å²) in [7, 11) is 0. The van der Waals surface area contributed by atoms with Gasteiger partial charge in [-0.25, -0.2) is 0 Å². The standard InChI is InChI=1S/C41H34Cl6N4O2/c1-40(2)24-12-8-10-14-34(24)50(22-38(52)48-32-20-28(44)26(42)18-30(32)46)36(40)16-6-5-7-17-37-41(3,4)25-13-9-11-15-35(25)51(37)23-39(53)49-33-21-29(45)27(43)19-31(33)47/h5-21H,22-23H2,1-4H3,(H-,48,49,52,53)/p+1. The zero-order valence-electron chi connectivity index (χ0n) is 29.2. The van der Waals surface area contributed by atoms with Crippen molar-refractivity contribution in [3.8, 4) is 0 Å². The number of hydrogen-bond acceptors (Lipinski definition) is 3. The predicted molar refractivity (Wildman–Crippen MR) is 223 cm³/mol. The molecular weight excluding hydrogens is 793 g/mol. The first-order chi connectivity index (χ1) is 25.1. The van der Waals surface area contributed by atoms with Gasteiger partial charge in [0, 0.05) is 34.5 Å². The van der Waals surface area contributed by atoms with Crippen LogP contribution in [0.2, 0.25) is 30.1 Å². The highest BCUT2D eigenvalue weighted by molar-refractivity contribution is 6.45. The first-order valence-electron chi connectivity index (χ1n) is 16.7. The van der Waals surface area contributed by atoms with E-state index in [0.29, 0.717) is 41.5 Å². The van der Waals surface area contributed by atoms with Crippen LogP contribution in [0.15, 0.2) is 109 Å². The van der Waals surface area contributed by atoms with E-state index in [1.165, 1.54) is 12.1 Å². The minimum Gasteiger partial charge on any atom is -0.335 e. The number of anilines is 3. The number of amides is 2. The Morgan fingerprint density at radius 1 is 0.660 bits per heavy atom. The molecule has 0 saturated carbocycles. The molecule has 2 heterocycles. The fourth-order valence-corrected chi connectivity index (χ4v) is 8.07. The van der Waals surface area contributed by atoms with Crippen molar-refractivity contribution < 1.29 is 14.2 Å². The average molecular weight is 828 g/mol. The van der Waals surface area contributed by atoms with Crippen molar-refractivity contribution in [2.24, 2.45) is 0 Å². The molecule has 6 rings (SSSR count). The van der Waals surface area contributed by atoms with Gasteiger partial charge in [-0.1, -0.05) is 138 Å². The number of rotatable bonds is 9. The van der Waals surface area contributed by atoms with Crippen LogP contribution >= 0.6 is 69.6 Å². The summed E-state index contributed by atoms with van der Waals surface area (Å²) in [6, 6.07) is 22.2. The van der Waals surface area contributed by atoms with E-state index in [2.05, 4.69) is 50.5 Å². The van der Waals surface area contributed by atoms with Crippen molar-refractivity contribution in [1.29, 1.82) is 0 Å². The number of hydrogen-bond donors (Lipinski definition) is 2. The van der Waals surface area contributed by atoms with Gasteiger partial charge in [-0.15, -0.1) is 0 Å². The van der Waals surface area contributed by atoms with Gasteiger partial charge in [0.1, 0.15) is 6.54 Å². The Morgan fingerprint density at radius 3 is 1.85 bits per heavy atom. The van der Waals surface area contributed by atoms with Gasteiger partial charge in [0.15, 0.2) is 5.71 Å². The van der Waals surface area contributed by atoms with Crippen LogP contribution in [0.5, 0.6) is 0 Å². The molecule has 6 nitrogen and oxygen atoms in total. The molecule has 2 aliphatic rings. The van der Waals surface area contributed by atoms with E-state index in [9.17, 15) is 9.59 Å². The molecule has 2 aliphatic heterocycles. The van der Waals surface area contributed by atoms with Gasteiger partial charge in [0.25, 0.3) is 5.91 Å². The molecule has 0 atom stereocenters. The number of fused-ring (bicyclic) bond motifs is 2. The molecule has 2 N–H and O–H groups in total. The number of halogens is 6. The second-order valence-electron chi connectivity index (χ2n) is 13.7. The molecule has 2 amide bonds. The summed E-state index contributed by atoms with van der Waals surface area (Å²) in [5.41, 5.74) is 5.97. The molecular formula is C41H35Cl6N4O2+. The predicted octanol–water partition coefficient (Wildman–Crippen LogP) is 12.1. The van der Waals surface area contributed by atoms with E-state index >= 15 is 0 Å². The molecule has 12 heteroatoms. The summed E-state index contributed by atoms with van der Waals surface area (Å²) in [5, 5.41) is 7.54. The smallest absolute Gasteiger partial charge is 0.290 e. The summed E-state index contributed by atoms with van der Waals surface area (Å²) in [6.45, 7) is 8.63. The van der Waals surface area contributed by atoms with Crippen LogP contribution in [-0.4, -0.2) is 35.2 Å². The van der Waals surface area contributed by atoms with Gasteiger partial charge < -0.3 is 15.5 Å². The maximum absolute atomic E-state index is 13.4. The van der Waals surface area contributed by atoms with Crippen LogP contribution in [-0.2, 0) is 20.4 Å². The molecule has 4 aromatic rings. The highest BCUT2D eigenvalue weighted by Gasteiger charge is 2.45. The van der Waals surface area contributed by atoms with E-state index in [0.717, 1.165) is 33.9 Å². The van der Waals surface area contributed by atoms with Gasteiger partial charge in [-0.2, -0.15) is 4.58 Å². The Hall–Kier alpha value is -3.75. The minimum absolute atomic E-state index is 0.0430. The maximum atomic E-state index is 13.4. The third-order valence-electron chi connectivity index (χ3n) is 9.50. The number of allylic oxidation sites excluding steroid dienone is 6. The molecule has 53 heavy (non-hydrogen) atoms. The molecule has 0 spiro atoms. The van der Waals surface area contributed by atoms with Crippen molar-refractivity contribution in [2.45, 2.75) is 38.5 Å². The number of carbonyl (C=O) groups excluding carboxylic acids is 2. The Kier molecular flexibility index (Phi) is 11.4. The topological polar surface area (TPSA) is 64.5 Å². The Morgan fingerprint density at radius 2 is 1.21 bits per heavy atom. The number of carbonyl (C=O) groups is 2. The zero-order chi connectivity index (χ0) is 38.2. The lowest BCUT2D eigenvalue weighted by Crippen LogP contribution is -2.33. The monoisotopic (exact) mass is 825 g/mol. The highest BCUT2D eigenvalue weighted by Crippen LogP contribution is 2.47. The summed E-state index contributed by atoms with van der Waals surface area (Å²) < 4.78 is 2.01. The number of benzene rings is 4. The Balaban J connectivity index is 1.27. The molecule has 0 aliphatic carbocycles. The molecule has 0 fully saturated rings. The molecule has 0 radical (unpaired) electrons. The fourth-order valence-electron chi connectivity index (χ4n) is 6.88. The summed E-state index contributed by atoms with van der Waals surface area (Å²) >= 11 is 37.3. The van der Waals surface area contributed by atoms with Crippen molar-refractivity contribution in [2.75, 3.05) is 28.6 Å². The van der Waals surface area contributed by atoms with Crippen LogP contribution < -0.4 is 15.5 Å². The third kappa shape index (κ3) is 7.91. The summed E-state index contributed by atoms with van der Waals surface area (Å²) in [4.78, 5) is 28.8. The van der Waals surface area contributed by atoms with E-state index in [-0.39, 0.29) is 24.9 Å². The van der Waals surface area contributed by atoms with E-state index < -0.39 is 10.8 Å². The van der Waals surface area contributed by atoms with E-state index in [1.54, 1.807) is 12.1 Å². The van der Waals surface area contributed by atoms with Crippen LogP contribution in [0.4, 0.5) is 22.7 Å². The van der Waals surface area contributed by atoms with Gasteiger partial charge in [0.05, 0.1) is 46.9 Å². The minimum atomic E-state index is -0.392. The van der Waals surface area contributed by atoms with Crippen LogP contribution in [0.1, 0.15) is 38.8 Å². The number of para-hydroxylation sites is 2. The maximum Gasteiger partial charge on any atom is 0.290 e. The zero-order valence-corrected chi connectivity index (χ0v) is 33.7. The Bertz CT molecular complexity index is 2270. The molecule has 0 bridgehead atoms. The van der Waals surface area contributed by atoms with Crippen molar-refractivity contribution in [1.82, 2.24) is 0 Å². The van der Waals surface area contributed by atoms with Crippen LogP contribution in [0.25, 0.3) is 0 Å². The van der Waals surface area contributed by atoms with Gasteiger partial charge in [0.2, 0.25) is 18.1 Å². The second-order valence-corrected chi connectivity index (χ2v) is 16.2. The second kappa shape index (κ2) is 15.5. The molecule has 4 aromatic carbocycles. The lowest BCUT2D eigenvalue weighted by Gasteiger charge is -2.26. The normalized spacial score (nSPS) is 16.5. The fraction of sp³-hybridized carbons (Fsp3) is 0.195. The van der Waals surface area contributed by atoms with Crippen LogP contribution in [0, 0.1) is 0 Å². The van der Waals surface area contributed by atoms with E-state index in [4.69, 9.17) is 69.6 Å². The molecule has 0 aromatic heterocycles. The molecule has 0 saturated heterocycles. The van der Waals surface area contributed by atoms with Crippen molar-refractivity contribution in [3.05, 3.63) is 150 Å². The summed E-state index contributed by atoms with van der Waals surface area (Å²) in [6.07, 6.45) is 9.91. The van der Waals surface area contributed by atoms with Crippen LogP contribution in [0.3, 0.4) is 0 Å². The number of nitrogens with one attached hydrogen (secondary N) is 2. The molecule has 0 unspecified atom stereocenters. The quantitative estimate of drug-likeness (QED) is 0.100. The molecule has 272 valence electrons. The number of nitrogens with zero attached hydrogens (tertiary/aromatic N) is 2. The van der Waals surface area contributed by atoms with Gasteiger partial charge >= 0.3 is 0 Å². The van der Waals surface area contributed by atoms with Gasteiger partial charge in [-0.05, 0) is 55.8 Å². The third-order valence-corrected chi connectivity index (χ3v) is 11.6. The van der Waals surface area contributed by atoms with Crippen molar-refractivity contribution in [3.63, 3.8) is 0 Å².